The Morgan fingerprint density at radius 2 is 1.57 bits per heavy atom. The summed E-state index contributed by atoms with van der Waals surface area (Å²) < 4.78 is 2.47. The first kappa shape index (κ1) is 27.7. The lowest BCUT2D eigenvalue weighted by atomic mass is 9.89. The summed E-state index contributed by atoms with van der Waals surface area (Å²) in [4.78, 5) is 7.60. The van der Waals surface area contributed by atoms with Gasteiger partial charge in [0.15, 0.2) is 0 Å². The minimum atomic E-state index is 0.125. The average molecular weight is 629 g/mol. The monoisotopic (exact) mass is 628 g/mol. The van der Waals surface area contributed by atoms with Crippen LogP contribution in [0, 0.1) is 0 Å². The first-order valence-corrected chi connectivity index (χ1v) is 16.9. The number of hydrogen-bond donors (Lipinski definition) is 1. The highest BCUT2D eigenvalue weighted by atomic mass is 15.2. The lowest BCUT2D eigenvalue weighted by molar-refractivity contribution is 0.327. The number of aliphatic imine (C=N–C) groups is 1. The van der Waals surface area contributed by atoms with Crippen LogP contribution in [0.1, 0.15) is 28.7 Å². The quantitative estimate of drug-likeness (QED) is 0.194. The van der Waals surface area contributed by atoms with E-state index >= 15 is 0 Å². The molecule has 6 aromatic rings. The Bertz CT molecular complexity index is 2590. The third kappa shape index (κ3) is 4.50. The number of amidine groups is 1. The average Bonchev–Trinajstić information content (AvgIpc) is 3.66. The molecule has 0 saturated carbocycles. The molecule has 0 fully saturated rings. The second-order valence-electron chi connectivity index (χ2n) is 13.0. The molecule has 2 aliphatic heterocycles. The third-order valence-corrected chi connectivity index (χ3v) is 10.1. The third-order valence-electron chi connectivity index (χ3n) is 10.1. The lowest BCUT2D eigenvalue weighted by Gasteiger charge is -2.33. The van der Waals surface area contributed by atoms with Gasteiger partial charge in [0.1, 0.15) is 5.84 Å². The van der Waals surface area contributed by atoms with Crippen LogP contribution in [0.4, 0.5) is 0 Å². The molecule has 49 heavy (non-hydrogen) atoms. The number of rotatable bonds is 5. The molecule has 0 radical (unpaired) electrons. The smallest absolute Gasteiger partial charge is 0.137 e. The second-order valence-corrected chi connectivity index (χ2v) is 13.0. The van der Waals surface area contributed by atoms with Crippen LogP contribution < -0.4 is 10.7 Å². The fourth-order valence-corrected chi connectivity index (χ4v) is 7.83. The van der Waals surface area contributed by atoms with Crippen molar-refractivity contribution in [2.45, 2.75) is 18.5 Å². The van der Waals surface area contributed by atoms with Crippen molar-refractivity contribution in [1.82, 2.24) is 14.8 Å². The van der Waals surface area contributed by atoms with Crippen LogP contribution in [0.3, 0.4) is 0 Å². The van der Waals surface area contributed by atoms with Crippen molar-refractivity contribution in [2.24, 2.45) is 4.99 Å². The van der Waals surface area contributed by atoms with E-state index in [-0.39, 0.29) is 6.04 Å². The minimum absolute atomic E-state index is 0.125. The summed E-state index contributed by atoms with van der Waals surface area (Å²) in [5.41, 5.74) is 13.8. The summed E-state index contributed by atoms with van der Waals surface area (Å²) in [6.07, 6.45) is 18.8. The number of fused-ring (bicyclic) bond motifs is 2. The zero-order valence-electron chi connectivity index (χ0n) is 26.8. The van der Waals surface area contributed by atoms with Gasteiger partial charge in [0.05, 0.1) is 28.6 Å². The maximum atomic E-state index is 5.13. The Labute approximate surface area is 285 Å². The van der Waals surface area contributed by atoms with Crippen LogP contribution in [0.15, 0.2) is 169 Å². The van der Waals surface area contributed by atoms with E-state index in [1.54, 1.807) is 0 Å². The van der Waals surface area contributed by atoms with Gasteiger partial charge in [-0.15, -0.1) is 0 Å². The van der Waals surface area contributed by atoms with Crippen LogP contribution >= 0.6 is 0 Å². The van der Waals surface area contributed by atoms with E-state index in [2.05, 4.69) is 160 Å². The molecular formula is C45H32N4. The van der Waals surface area contributed by atoms with E-state index in [4.69, 9.17) is 4.99 Å². The molecule has 3 heterocycles. The highest BCUT2D eigenvalue weighted by Crippen LogP contribution is 2.40. The molecule has 1 N–H and O–H groups in total. The van der Waals surface area contributed by atoms with Crippen molar-refractivity contribution >= 4 is 50.4 Å². The van der Waals surface area contributed by atoms with Crippen LogP contribution in [-0.4, -0.2) is 27.4 Å². The van der Waals surface area contributed by atoms with Crippen molar-refractivity contribution in [3.05, 3.63) is 191 Å². The van der Waals surface area contributed by atoms with E-state index in [1.807, 2.05) is 24.3 Å². The Hall–Kier alpha value is -6.35. The lowest BCUT2D eigenvalue weighted by Crippen LogP contribution is -2.38. The van der Waals surface area contributed by atoms with Gasteiger partial charge >= 0.3 is 0 Å². The molecule has 2 unspecified atom stereocenters. The van der Waals surface area contributed by atoms with E-state index in [0.29, 0.717) is 6.04 Å². The molecule has 4 nitrogen and oxygen atoms in total. The SMILES string of the molecule is C1=CN(C2C=CC=CC2)C2C=c3c4c(ccc5cccc(c54)n3-c3cccc(C4=CNC(c5ccccc5)=NC(c5ccccc5)=C4)c3)C=12. The number of benzene rings is 5. The molecule has 0 amide bonds. The minimum Gasteiger partial charge on any atom is -0.353 e. The largest absolute Gasteiger partial charge is 0.353 e. The van der Waals surface area contributed by atoms with E-state index < -0.39 is 0 Å². The summed E-state index contributed by atoms with van der Waals surface area (Å²) in [7, 11) is 0. The number of nitrogens with one attached hydrogen (secondary N) is 1. The molecule has 10 rings (SSSR count). The first-order chi connectivity index (χ1) is 24.3. The topological polar surface area (TPSA) is 32.6 Å². The standard InChI is InChI=1S/C45H32N4/c1-4-12-30(13-5-1)39-27-34(29-46-45(47-39)32-14-6-2-7-15-32)33-17-10-20-36(26-33)49-40-21-11-16-31-22-23-38-37-24-25-48(35-18-8-3-9-19-35)41(37)28-42(49)44(38)43(31)40/h1-18,20-23,25-29,35,41H,19H2,(H,46,47). The van der Waals surface area contributed by atoms with E-state index in [0.717, 1.165) is 45.9 Å². The molecule has 0 spiro atoms. The molecule has 0 saturated heterocycles. The van der Waals surface area contributed by atoms with Gasteiger partial charge in [0.25, 0.3) is 0 Å². The predicted molar refractivity (Wildman–Crippen MR) is 203 cm³/mol. The molecular weight excluding hydrogens is 597 g/mol. The fraction of sp³-hybridized carbons (Fsp3) is 0.0667. The maximum Gasteiger partial charge on any atom is 0.137 e. The molecule has 2 atom stereocenters. The number of allylic oxidation sites excluding steroid dienone is 4. The van der Waals surface area contributed by atoms with Gasteiger partial charge < -0.3 is 14.8 Å². The zero-order chi connectivity index (χ0) is 32.3. The van der Waals surface area contributed by atoms with Crippen molar-refractivity contribution < 1.29 is 0 Å². The Morgan fingerprint density at radius 3 is 2.41 bits per heavy atom. The predicted octanol–water partition coefficient (Wildman–Crippen LogP) is 8.79. The Balaban J connectivity index is 1.14. The van der Waals surface area contributed by atoms with Crippen LogP contribution in [0.5, 0.6) is 0 Å². The van der Waals surface area contributed by atoms with Gasteiger partial charge in [-0.2, -0.15) is 0 Å². The number of hydrogen-bond acceptors (Lipinski definition) is 3. The molecule has 2 aliphatic carbocycles. The summed E-state index contributed by atoms with van der Waals surface area (Å²) >= 11 is 0. The van der Waals surface area contributed by atoms with Crippen LogP contribution in [-0.2, 0) is 0 Å². The molecule has 1 aromatic heterocycles. The van der Waals surface area contributed by atoms with Crippen LogP contribution in [0.2, 0.25) is 0 Å². The molecule has 232 valence electrons. The second kappa shape index (κ2) is 11.1. The van der Waals surface area contributed by atoms with Crippen molar-refractivity contribution in [2.75, 3.05) is 0 Å². The molecule has 4 aliphatic rings. The van der Waals surface area contributed by atoms with E-state index in [9.17, 15) is 0 Å². The normalized spacial score (nSPS) is 19.1. The Morgan fingerprint density at radius 1 is 0.755 bits per heavy atom. The molecule has 4 heteroatoms. The fourth-order valence-electron chi connectivity index (χ4n) is 7.83. The highest BCUT2D eigenvalue weighted by molar-refractivity contribution is 6.16. The number of nitrogens with zero attached hydrogens (tertiary/aromatic N) is 3. The van der Waals surface area contributed by atoms with Crippen molar-refractivity contribution in [3.63, 3.8) is 0 Å². The van der Waals surface area contributed by atoms with Gasteiger partial charge in [0, 0.05) is 45.6 Å². The molecule has 5 aromatic carbocycles. The summed E-state index contributed by atoms with van der Waals surface area (Å²) in [6.45, 7) is 0. The first-order valence-electron chi connectivity index (χ1n) is 16.9. The maximum absolute atomic E-state index is 5.13. The highest BCUT2D eigenvalue weighted by Gasteiger charge is 2.33. The van der Waals surface area contributed by atoms with Crippen molar-refractivity contribution in [1.29, 1.82) is 0 Å². The summed E-state index contributed by atoms with van der Waals surface area (Å²) in [5, 5.41) is 8.67. The number of aromatic nitrogens is 1. The van der Waals surface area contributed by atoms with Crippen LogP contribution in [0.25, 0.3) is 50.3 Å². The van der Waals surface area contributed by atoms with Gasteiger partial charge in [-0.1, -0.05) is 127 Å². The van der Waals surface area contributed by atoms with Gasteiger partial charge in [0.2, 0.25) is 0 Å². The Kier molecular flexibility index (Phi) is 6.30. The molecule has 0 bridgehead atoms. The summed E-state index contributed by atoms with van der Waals surface area (Å²) in [5.74, 6) is 0.824. The van der Waals surface area contributed by atoms with Gasteiger partial charge in [-0.05, 0) is 58.9 Å². The van der Waals surface area contributed by atoms with E-state index in [1.165, 1.54) is 38.2 Å². The summed E-state index contributed by atoms with van der Waals surface area (Å²) in [6, 6.07) is 41.3. The van der Waals surface area contributed by atoms with Gasteiger partial charge in [-0.25, -0.2) is 4.99 Å². The zero-order valence-corrected chi connectivity index (χ0v) is 26.8. The van der Waals surface area contributed by atoms with Gasteiger partial charge in [-0.3, -0.25) is 0 Å². The van der Waals surface area contributed by atoms with Crippen molar-refractivity contribution in [3.8, 4) is 5.69 Å².